The minimum absolute atomic E-state index is 0.198. The van der Waals surface area contributed by atoms with Gasteiger partial charge in [-0.2, -0.15) is 0 Å². The predicted octanol–water partition coefficient (Wildman–Crippen LogP) is 8.05. The standard InChI is InChI=1S/C16H19OSSi.3C4H9.Sn/c1-19(2,15-11-7-4-8-12-15)16(17)13-18-14-9-5-3-6-10-14;3*1-3-4-2;/h3-13,16-17H,1-2H3;3*1,3-4H2,2H3;/t16-;;;;/m0..../s1. The van der Waals surface area contributed by atoms with Gasteiger partial charge in [-0.1, -0.05) is 0 Å². The second kappa shape index (κ2) is 14.2. The van der Waals surface area contributed by atoms with E-state index in [1.807, 2.05) is 0 Å². The van der Waals surface area contributed by atoms with Gasteiger partial charge in [-0.3, -0.25) is 0 Å². The molecule has 1 N–H and O–H groups in total. The first-order valence-electron chi connectivity index (χ1n) is 12.9. The summed E-state index contributed by atoms with van der Waals surface area (Å²) < 4.78 is 4.74. The van der Waals surface area contributed by atoms with Crippen LogP contribution in [0.1, 0.15) is 59.3 Å². The van der Waals surface area contributed by atoms with Crippen molar-refractivity contribution < 1.29 is 5.11 Å². The van der Waals surface area contributed by atoms with E-state index in [9.17, 15) is 5.11 Å². The van der Waals surface area contributed by atoms with E-state index >= 15 is 0 Å². The molecule has 32 heavy (non-hydrogen) atoms. The van der Waals surface area contributed by atoms with E-state index in [4.69, 9.17) is 0 Å². The zero-order valence-corrected chi connectivity index (χ0v) is 25.8. The van der Waals surface area contributed by atoms with E-state index < -0.39 is 26.5 Å². The van der Waals surface area contributed by atoms with Crippen LogP contribution >= 0.6 is 11.8 Å². The van der Waals surface area contributed by atoms with Crippen molar-refractivity contribution in [1.82, 2.24) is 0 Å². The number of aliphatic hydroxyl groups excluding tert-OH is 1. The van der Waals surface area contributed by atoms with Gasteiger partial charge in [0.2, 0.25) is 0 Å². The van der Waals surface area contributed by atoms with E-state index in [2.05, 4.69) is 106 Å². The molecule has 4 heteroatoms. The van der Waals surface area contributed by atoms with E-state index in [1.165, 1.54) is 61.9 Å². The number of aliphatic hydroxyl groups is 1. The molecule has 0 aromatic heterocycles. The van der Waals surface area contributed by atoms with Crippen LogP contribution in [0.4, 0.5) is 0 Å². The zero-order chi connectivity index (χ0) is 23.5. The zero-order valence-electron chi connectivity index (χ0n) is 21.1. The normalized spacial score (nSPS) is 14.3. The van der Waals surface area contributed by atoms with Crippen LogP contribution in [0.5, 0.6) is 0 Å². The molecule has 0 aliphatic carbocycles. The molecular formula is C28H46OSSiSn. The van der Waals surface area contributed by atoms with E-state index in [-0.39, 0.29) is 5.73 Å². The van der Waals surface area contributed by atoms with Crippen molar-refractivity contribution in [3.05, 3.63) is 60.7 Å². The first kappa shape index (κ1) is 28.0. The summed E-state index contributed by atoms with van der Waals surface area (Å²) >= 11 is -0.652. The third-order valence-corrected chi connectivity index (χ3v) is 33.4. The Bertz CT molecular complexity index is 731. The average molecular weight is 578 g/mol. The molecule has 0 fully saturated rings. The first-order valence-corrected chi connectivity index (χ1v) is 24.5. The summed E-state index contributed by atoms with van der Waals surface area (Å²) in [6.07, 6.45) is 7.85. The topological polar surface area (TPSA) is 20.2 Å². The molecular weight excluding hydrogens is 531 g/mol. The number of unbranched alkanes of at least 4 members (excludes halogenated alkanes) is 3. The van der Waals surface area contributed by atoms with Crippen LogP contribution in [-0.4, -0.2) is 40.6 Å². The number of hydrogen-bond donors (Lipinski definition) is 1. The molecule has 0 aliphatic heterocycles. The molecule has 1 nitrogen and oxygen atoms in total. The van der Waals surface area contributed by atoms with Gasteiger partial charge in [-0.25, -0.2) is 0 Å². The third-order valence-electron chi connectivity index (χ3n) is 7.24. The van der Waals surface area contributed by atoms with Crippen LogP contribution in [0.3, 0.4) is 0 Å². The summed E-state index contributed by atoms with van der Waals surface area (Å²) in [5.74, 6) is 0. The predicted molar refractivity (Wildman–Crippen MR) is 151 cm³/mol. The second-order valence-electron chi connectivity index (χ2n) is 10.1. The van der Waals surface area contributed by atoms with E-state index in [1.54, 1.807) is 0 Å². The monoisotopic (exact) mass is 578 g/mol. The molecule has 2 rings (SSSR count). The van der Waals surface area contributed by atoms with Crippen LogP contribution in [0, 0.1) is 0 Å². The quantitative estimate of drug-likeness (QED) is 0.171. The molecule has 178 valence electrons. The van der Waals surface area contributed by atoms with Gasteiger partial charge >= 0.3 is 209 Å². The summed E-state index contributed by atoms with van der Waals surface area (Å²) in [4.78, 5) is 1.35. The Morgan fingerprint density at radius 2 is 1.19 bits per heavy atom. The van der Waals surface area contributed by atoms with Gasteiger partial charge in [0.25, 0.3) is 0 Å². The van der Waals surface area contributed by atoms with Gasteiger partial charge in [0.1, 0.15) is 0 Å². The third kappa shape index (κ3) is 7.64. The van der Waals surface area contributed by atoms with Crippen molar-refractivity contribution in [2.24, 2.45) is 0 Å². The molecule has 0 saturated heterocycles. The first-order chi connectivity index (χ1) is 15.4. The number of rotatable bonds is 15. The number of thioether (sulfide) groups is 1. The molecule has 2 atom stereocenters. The van der Waals surface area contributed by atoms with E-state index in [0.29, 0.717) is 3.27 Å². The molecule has 0 aliphatic rings. The van der Waals surface area contributed by atoms with Gasteiger partial charge in [0, 0.05) is 0 Å². The molecule has 0 bridgehead atoms. The Labute approximate surface area is 207 Å². The van der Waals surface area contributed by atoms with Crippen LogP contribution < -0.4 is 5.19 Å². The molecule has 0 unspecified atom stereocenters. The van der Waals surface area contributed by atoms with Gasteiger partial charge in [-0.15, -0.1) is 0 Å². The van der Waals surface area contributed by atoms with Gasteiger partial charge in [0.15, 0.2) is 0 Å². The Morgan fingerprint density at radius 1 is 0.750 bits per heavy atom. The van der Waals surface area contributed by atoms with Crippen LogP contribution in [0.15, 0.2) is 65.6 Å². The van der Waals surface area contributed by atoms with Crippen molar-refractivity contribution in [3.63, 3.8) is 0 Å². The molecule has 0 amide bonds. The molecule has 0 heterocycles. The fraction of sp³-hybridized carbons (Fsp3) is 0.571. The summed E-state index contributed by atoms with van der Waals surface area (Å²) in [6.45, 7) is 11.8. The molecule has 2 aromatic carbocycles. The summed E-state index contributed by atoms with van der Waals surface area (Å²) in [7, 11) is -2.04. The van der Waals surface area contributed by atoms with Crippen molar-refractivity contribution in [2.45, 2.75) is 99.6 Å². The fourth-order valence-corrected chi connectivity index (χ4v) is 36.5. The van der Waals surface area contributed by atoms with Crippen molar-refractivity contribution in [1.29, 1.82) is 0 Å². The van der Waals surface area contributed by atoms with Gasteiger partial charge < -0.3 is 0 Å². The SMILES string of the molecule is CCC[CH2][Sn]([CH2]CCC)([CH2]CCC)[C@H](Sc1ccccc1)[C@@H](O)[Si](C)(C)c1ccccc1. The van der Waals surface area contributed by atoms with Crippen LogP contribution in [0.2, 0.25) is 26.4 Å². The Balaban J connectivity index is 2.55. The Kier molecular flexibility index (Phi) is 12.5. The number of benzene rings is 2. The van der Waals surface area contributed by atoms with Gasteiger partial charge in [-0.05, 0) is 0 Å². The van der Waals surface area contributed by atoms with E-state index in [0.717, 1.165) is 0 Å². The van der Waals surface area contributed by atoms with Crippen molar-refractivity contribution >= 4 is 43.4 Å². The summed E-state index contributed by atoms with van der Waals surface area (Å²) in [5.41, 5.74) is -0.198. The summed E-state index contributed by atoms with van der Waals surface area (Å²) in [6, 6.07) is 21.9. The van der Waals surface area contributed by atoms with Crippen LogP contribution in [0.25, 0.3) is 0 Å². The maximum absolute atomic E-state index is 12.3. The van der Waals surface area contributed by atoms with Gasteiger partial charge in [0.05, 0.1) is 0 Å². The molecule has 0 radical (unpaired) electrons. The summed E-state index contributed by atoms with van der Waals surface area (Å²) in [5, 5.41) is 13.7. The minimum atomic E-state index is -2.71. The fourth-order valence-electron chi connectivity index (χ4n) is 4.98. The maximum atomic E-state index is 12.3. The molecule has 2 aromatic rings. The second-order valence-corrected chi connectivity index (χ2v) is 30.9. The molecule has 0 saturated carbocycles. The number of hydrogen-bond acceptors (Lipinski definition) is 2. The Morgan fingerprint density at radius 3 is 1.62 bits per heavy atom. The Hall–Kier alpha value is -0.234. The van der Waals surface area contributed by atoms with Crippen molar-refractivity contribution in [3.8, 4) is 0 Å². The van der Waals surface area contributed by atoms with Crippen molar-refractivity contribution in [2.75, 3.05) is 0 Å². The van der Waals surface area contributed by atoms with Crippen LogP contribution in [-0.2, 0) is 0 Å². The molecule has 0 spiro atoms. The average Bonchev–Trinajstić information content (AvgIpc) is 2.83.